The molecule has 1 saturated heterocycles. The van der Waals surface area contributed by atoms with Crippen molar-refractivity contribution in [3.05, 3.63) is 0 Å². The van der Waals surface area contributed by atoms with Gasteiger partial charge in [-0.2, -0.15) is 0 Å². The van der Waals surface area contributed by atoms with Crippen molar-refractivity contribution in [2.24, 2.45) is 11.3 Å². The average molecular weight is 190 g/mol. The van der Waals surface area contributed by atoms with Gasteiger partial charge in [-0.3, -0.25) is 0 Å². The molecule has 1 unspecified atom stereocenters. The van der Waals surface area contributed by atoms with E-state index in [4.69, 9.17) is 0 Å². The lowest BCUT2D eigenvalue weighted by Crippen LogP contribution is -2.34. The van der Waals surface area contributed by atoms with Crippen LogP contribution >= 0.6 is 12.4 Å². The first-order valence-electron chi connectivity index (χ1n) is 5.02. The fourth-order valence-electron chi connectivity index (χ4n) is 2.91. The van der Waals surface area contributed by atoms with Gasteiger partial charge in [-0.05, 0) is 50.1 Å². The summed E-state index contributed by atoms with van der Waals surface area (Å²) in [5.74, 6) is 1.01. The highest BCUT2D eigenvalue weighted by Crippen LogP contribution is 2.47. The van der Waals surface area contributed by atoms with Gasteiger partial charge in [-0.1, -0.05) is 13.3 Å². The van der Waals surface area contributed by atoms with E-state index in [1.165, 1.54) is 45.2 Å². The smallest absolute Gasteiger partial charge is 0.00436 e. The van der Waals surface area contributed by atoms with Crippen molar-refractivity contribution >= 4 is 12.4 Å². The van der Waals surface area contributed by atoms with Crippen molar-refractivity contribution in [2.45, 2.75) is 39.0 Å². The SMILES string of the molecule is CC1CCC2(CCNCC2)C1.Cl. The zero-order chi connectivity index (χ0) is 7.73. The lowest BCUT2D eigenvalue weighted by molar-refractivity contribution is 0.203. The Labute approximate surface area is 81.7 Å². The highest BCUT2D eigenvalue weighted by molar-refractivity contribution is 5.85. The van der Waals surface area contributed by atoms with Gasteiger partial charge >= 0.3 is 0 Å². The standard InChI is InChI=1S/C10H19N.ClH/c1-9-2-3-10(8-9)4-6-11-7-5-10;/h9,11H,2-8H2,1H3;1H. The minimum absolute atomic E-state index is 0. The summed E-state index contributed by atoms with van der Waals surface area (Å²) >= 11 is 0. The van der Waals surface area contributed by atoms with Gasteiger partial charge in [0.2, 0.25) is 0 Å². The first kappa shape index (κ1) is 10.3. The van der Waals surface area contributed by atoms with Crippen LogP contribution in [0.2, 0.25) is 0 Å². The lowest BCUT2D eigenvalue weighted by Gasteiger charge is -2.33. The third-order valence-electron chi connectivity index (χ3n) is 3.61. The summed E-state index contributed by atoms with van der Waals surface area (Å²) in [6.07, 6.45) is 7.39. The summed E-state index contributed by atoms with van der Waals surface area (Å²) < 4.78 is 0. The van der Waals surface area contributed by atoms with Gasteiger partial charge in [0, 0.05) is 0 Å². The maximum Gasteiger partial charge on any atom is -0.00436 e. The van der Waals surface area contributed by atoms with Crippen LogP contribution in [0.15, 0.2) is 0 Å². The molecule has 1 spiro atoms. The van der Waals surface area contributed by atoms with E-state index < -0.39 is 0 Å². The molecule has 1 atom stereocenters. The summed E-state index contributed by atoms with van der Waals surface area (Å²) in [4.78, 5) is 0. The van der Waals surface area contributed by atoms with Crippen molar-refractivity contribution in [1.29, 1.82) is 0 Å². The molecule has 1 aliphatic heterocycles. The second-order valence-corrected chi connectivity index (χ2v) is 4.60. The third-order valence-corrected chi connectivity index (χ3v) is 3.61. The second kappa shape index (κ2) is 3.97. The van der Waals surface area contributed by atoms with E-state index in [0.29, 0.717) is 0 Å². The van der Waals surface area contributed by atoms with Crippen LogP contribution in [0.1, 0.15) is 39.0 Å². The maximum absolute atomic E-state index is 3.45. The van der Waals surface area contributed by atoms with Crippen LogP contribution in [-0.4, -0.2) is 13.1 Å². The largest absolute Gasteiger partial charge is 0.317 e. The molecular weight excluding hydrogens is 170 g/mol. The molecule has 2 aliphatic rings. The van der Waals surface area contributed by atoms with Gasteiger partial charge in [0.1, 0.15) is 0 Å². The molecule has 1 N–H and O–H groups in total. The van der Waals surface area contributed by atoms with Crippen LogP contribution in [0, 0.1) is 11.3 Å². The molecule has 1 heterocycles. The third kappa shape index (κ3) is 1.94. The number of nitrogens with one attached hydrogen (secondary N) is 1. The van der Waals surface area contributed by atoms with Gasteiger partial charge in [-0.15, -0.1) is 12.4 Å². The first-order chi connectivity index (χ1) is 5.31. The van der Waals surface area contributed by atoms with Crippen LogP contribution < -0.4 is 5.32 Å². The first-order valence-corrected chi connectivity index (χ1v) is 5.02. The van der Waals surface area contributed by atoms with Crippen LogP contribution in [0.3, 0.4) is 0 Å². The molecule has 2 fully saturated rings. The number of hydrogen-bond donors (Lipinski definition) is 1. The molecular formula is C10H20ClN. The molecule has 72 valence electrons. The van der Waals surface area contributed by atoms with Crippen LogP contribution in [0.5, 0.6) is 0 Å². The van der Waals surface area contributed by atoms with Crippen LogP contribution in [-0.2, 0) is 0 Å². The summed E-state index contributed by atoms with van der Waals surface area (Å²) in [5.41, 5.74) is 0.782. The molecule has 0 aromatic carbocycles. The Hall–Kier alpha value is 0.250. The molecule has 1 nitrogen and oxygen atoms in total. The summed E-state index contributed by atoms with van der Waals surface area (Å²) in [7, 11) is 0. The van der Waals surface area contributed by atoms with Crippen molar-refractivity contribution in [1.82, 2.24) is 5.32 Å². The number of halogens is 1. The molecule has 0 aromatic heterocycles. The Balaban J connectivity index is 0.000000720. The second-order valence-electron chi connectivity index (χ2n) is 4.60. The predicted octanol–water partition coefficient (Wildman–Crippen LogP) is 2.60. The normalized spacial score (nSPS) is 33.2. The summed E-state index contributed by atoms with van der Waals surface area (Å²) in [6.45, 7) is 4.95. The van der Waals surface area contributed by atoms with E-state index in [-0.39, 0.29) is 12.4 Å². The molecule has 1 aliphatic carbocycles. The molecule has 12 heavy (non-hydrogen) atoms. The molecule has 2 heteroatoms. The zero-order valence-electron chi connectivity index (χ0n) is 7.94. The summed E-state index contributed by atoms with van der Waals surface area (Å²) in [6, 6.07) is 0. The maximum atomic E-state index is 3.45. The van der Waals surface area contributed by atoms with E-state index in [2.05, 4.69) is 12.2 Å². The fourth-order valence-corrected chi connectivity index (χ4v) is 2.91. The molecule has 2 rings (SSSR count). The van der Waals surface area contributed by atoms with Crippen molar-refractivity contribution in [2.75, 3.05) is 13.1 Å². The molecule has 0 amide bonds. The minimum atomic E-state index is 0. The van der Waals surface area contributed by atoms with E-state index >= 15 is 0 Å². The minimum Gasteiger partial charge on any atom is -0.317 e. The molecule has 0 bridgehead atoms. The van der Waals surface area contributed by atoms with Gasteiger partial charge in [0.15, 0.2) is 0 Å². The Bertz CT molecular complexity index is 135. The molecule has 0 aromatic rings. The van der Waals surface area contributed by atoms with Gasteiger partial charge in [0.05, 0.1) is 0 Å². The van der Waals surface area contributed by atoms with Crippen LogP contribution in [0.4, 0.5) is 0 Å². The van der Waals surface area contributed by atoms with Crippen molar-refractivity contribution < 1.29 is 0 Å². The Morgan fingerprint density at radius 3 is 2.33 bits per heavy atom. The number of piperidine rings is 1. The molecule has 0 radical (unpaired) electrons. The van der Waals surface area contributed by atoms with Crippen molar-refractivity contribution in [3.8, 4) is 0 Å². The van der Waals surface area contributed by atoms with E-state index in [0.717, 1.165) is 11.3 Å². The number of rotatable bonds is 0. The van der Waals surface area contributed by atoms with E-state index in [9.17, 15) is 0 Å². The fraction of sp³-hybridized carbons (Fsp3) is 1.00. The Kier molecular flexibility index (Phi) is 3.42. The quantitative estimate of drug-likeness (QED) is 0.618. The lowest BCUT2D eigenvalue weighted by atomic mass is 9.77. The van der Waals surface area contributed by atoms with E-state index in [1.807, 2.05) is 0 Å². The topological polar surface area (TPSA) is 12.0 Å². The Morgan fingerprint density at radius 2 is 1.83 bits per heavy atom. The molecule has 1 saturated carbocycles. The highest BCUT2D eigenvalue weighted by atomic mass is 35.5. The van der Waals surface area contributed by atoms with E-state index in [1.54, 1.807) is 0 Å². The Morgan fingerprint density at radius 1 is 1.17 bits per heavy atom. The summed E-state index contributed by atoms with van der Waals surface area (Å²) in [5, 5.41) is 3.45. The van der Waals surface area contributed by atoms with Gasteiger partial charge in [-0.25, -0.2) is 0 Å². The average Bonchev–Trinajstić information content (AvgIpc) is 2.34. The monoisotopic (exact) mass is 189 g/mol. The predicted molar refractivity (Wildman–Crippen MR) is 54.8 cm³/mol. The van der Waals surface area contributed by atoms with Crippen molar-refractivity contribution in [3.63, 3.8) is 0 Å². The van der Waals surface area contributed by atoms with Gasteiger partial charge in [0.25, 0.3) is 0 Å². The zero-order valence-corrected chi connectivity index (χ0v) is 8.75. The van der Waals surface area contributed by atoms with Gasteiger partial charge < -0.3 is 5.32 Å². The highest BCUT2D eigenvalue weighted by Gasteiger charge is 2.37. The number of hydrogen-bond acceptors (Lipinski definition) is 1. The van der Waals surface area contributed by atoms with Crippen LogP contribution in [0.25, 0.3) is 0 Å².